The Hall–Kier alpha value is -0.660. The minimum Gasteiger partial charge on any atom is -0.481 e. The Bertz CT molecular complexity index is 415. The highest BCUT2D eigenvalue weighted by Crippen LogP contribution is 2.14. The van der Waals surface area contributed by atoms with E-state index in [1.165, 1.54) is 77.0 Å². The molecule has 0 fully saturated rings. The normalized spacial score (nSPS) is 10.8. The fourth-order valence-electron chi connectivity index (χ4n) is 3.29. The van der Waals surface area contributed by atoms with Crippen LogP contribution in [0.2, 0.25) is 0 Å². The topological polar surface area (TPSA) is 83.5 Å². The molecule has 0 aliphatic rings. The monoisotopic (exact) mass is 509 g/mol. The fraction of sp³-hybridized carbons (Fsp3) is 0.864. The average molecular weight is 509 g/mol. The molecule has 0 rings (SSSR count). The molecule has 0 aromatic heterocycles. The number of carbonyl (C=O) groups is 3. The molecule has 0 saturated heterocycles. The number of hydrogen-bond donors (Lipinski definition) is 2. The summed E-state index contributed by atoms with van der Waals surface area (Å²) in [6.45, 7) is 0.147. The van der Waals surface area contributed by atoms with Gasteiger partial charge in [0, 0.05) is 35.4 Å². The molecule has 0 aromatic carbocycles. The van der Waals surface area contributed by atoms with Crippen LogP contribution in [-0.4, -0.2) is 27.3 Å². The van der Waals surface area contributed by atoms with Crippen LogP contribution in [0.3, 0.4) is 0 Å². The van der Waals surface area contributed by atoms with Crippen LogP contribution in [0.5, 0.6) is 0 Å². The van der Waals surface area contributed by atoms with E-state index in [2.05, 4.69) is 5.32 Å². The molecular formula is C22H40INO4. The van der Waals surface area contributed by atoms with Gasteiger partial charge in [-0.15, -0.1) is 0 Å². The second-order valence-electron chi connectivity index (χ2n) is 7.68. The van der Waals surface area contributed by atoms with Crippen LogP contribution in [-0.2, 0) is 14.4 Å². The Labute approximate surface area is 184 Å². The SMILES string of the molecule is O=C(O)CCCCCCCCCCCCCCCCCCC(=O)NCC(=O)I. The van der Waals surface area contributed by atoms with E-state index in [1.807, 2.05) is 0 Å². The summed E-state index contributed by atoms with van der Waals surface area (Å²) in [7, 11) is 0. The summed E-state index contributed by atoms with van der Waals surface area (Å²) >= 11 is 1.69. The third-order valence-electron chi connectivity index (χ3n) is 4.97. The van der Waals surface area contributed by atoms with Crippen LogP contribution < -0.4 is 5.32 Å². The van der Waals surface area contributed by atoms with Gasteiger partial charge in [0.15, 0.2) is 0 Å². The highest BCUT2D eigenvalue weighted by atomic mass is 127. The van der Waals surface area contributed by atoms with Gasteiger partial charge in [-0.1, -0.05) is 89.9 Å². The molecule has 0 spiro atoms. The van der Waals surface area contributed by atoms with E-state index >= 15 is 0 Å². The smallest absolute Gasteiger partial charge is 0.303 e. The van der Waals surface area contributed by atoms with Gasteiger partial charge < -0.3 is 10.4 Å². The van der Waals surface area contributed by atoms with Gasteiger partial charge in [-0.25, -0.2) is 0 Å². The zero-order valence-corrected chi connectivity index (χ0v) is 19.6. The largest absolute Gasteiger partial charge is 0.481 e. The number of carboxylic acids is 1. The van der Waals surface area contributed by atoms with Gasteiger partial charge in [-0.3, -0.25) is 14.4 Å². The van der Waals surface area contributed by atoms with Crippen molar-refractivity contribution in [3.8, 4) is 0 Å². The number of aliphatic carboxylic acids is 1. The van der Waals surface area contributed by atoms with E-state index in [0.29, 0.717) is 12.8 Å². The van der Waals surface area contributed by atoms with Gasteiger partial charge in [0.2, 0.25) is 9.70 Å². The van der Waals surface area contributed by atoms with Crippen LogP contribution in [0.15, 0.2) is 0 Å². The maximum atomic E-state index is 11.4. The van der Waals surface area contributed by atoms with Crippen LogP contribution in [0.4, 0.5) is 0 Å². The zero-order chi connectivity index (χ0) is 20.9. The minimum absolute atomic E-state index is 0.0109. The lowest BCUT2D eigenvalue weighted by Crippen LogP contribution is -2.26. The van der Waals surface area contributed by atoms with E-state index in [1.54, 1.807) is 22.6 Å². The van der Waals surface area contributed by atoms with Gasteiger partial charge in [-0.05, 0) is 12.8 Å². The molecule has 0 aliphatic heterocycles. The first kappa shape index (κ1) is 27.3. The molecule has 0 unspecified atom stereocenters. The van der Waals surface area contributed by atoms with E-state index in [4.69, 9.17) is 5.11 Å². The summed E-state index contributed by atoms with van der Waals surface area (Å²) in [4.78, 5) is 32.6. The number of nitrogens with one attached hydrogen (secondary N) is 1. The third kappa shape index (κ3) is 23.4. The van der Waals surface area contributed by atoms with Crippen molar-refractivity contribution in [2.75, 3.05) is 6.54 Å². The second-order valence-corrected chi connectivity index (χ2v) is 8.89. The third-order valence-corrected chi connectivity index (χ3v) is 5.35. The minimum atomic E-state index is -0.675. The molecule has 28 heavy (non-hydrogen) atoms. The van der Waals surface area contributed by atoms with Crippen molar-refractivity contribution in [3.63, 3.8) is 0 Å². The van der Waals surface area contributed by atoms with Crippen molar-refractivity contribution in [2.45, 2.75) is 116 Å². The first-order chi connectivity index (χ1) is 13.5. The number of rotatable bonds is 21. The molecule has 0 saturated carbocycles. The van der Waals surface area contributed by atoms with Crippen LogP contribution in [0.25, 0.3) is 0 Å². The summed E-state index contributed by atoms with van der Waals surface area (Å²) in [5, 5.41) is 11.2. The average Bonchev–Trinajstić information content (AvgIpc) is 2.65. The lowest BCUT2D eigenvalue weighted by Gasteiger charge is -2.04. The Morgan fingerprint density at radius 1 is 0.571 bits per heavy atom. The molecule has 6 heteroatoms. The molecule has 164 valence electrons. The highest BCUT2D eigenvalue weighted by Gasteiger charge is 2.02. The summed E-state index contributed by atoms with van der Waals surface area (Å²) in [6.07, 6.45) is 20.2. The van der Waals surface area contributed by atoms with E-state index in [-0.39, 0.29) is 16.2 Å². The van der Waals surface area contributed by atoms with Crippen LogP contribution in [0.1, 0.15) is 116 Å². The van der Waals surface area contributed by atoms with Gasteiger partial charge in [-0.2, -0.15) is 0 Å². The van der Waals surface area contributed by atoms with Crippen molar-refractivity contribution in [2.24, 2.45) is 0 Å². The Morgan fingerprint density at radius 3 is 1.21 bits per heavy atom. The maximum absolute atomic E-state index is 11.4. The standard InChI is InChI=1S/C22H40INO4/c23-20(25)19-24-21(26)17-15-13-11-9-7-5-3-1-2-4-6-8-10-12-14-16-18-22(27)28/h1-19H2,(H,24,26)(H,27,28). The van der Waals surface area contributed by atoms with Crippen molar-refractivity contribution in [1.29, 1.82) is 0 Å². The Morgan fingerprint density at radius 2 is 0.893 bits per heavy atom. The Balaban J connectivity index is 3.11. The first-order valence-corrected chi connectivity index (χ1v) is 12.3. The van der Waals surface area contributed by atoms with Gasteiger partial charge in [0.25, 0.3) is 0 Å². The van der Waals surface area contributed by atoms with Gasteiger partial charge in [0.1, 0.15) is 0 Å². The van der Waals surface area contributed by atoms with Crippen molar-refractivity contribution in [1.82, 2.24) is 5.32 Å². The second kappa shape index (κ2) is 21.1. The van der Waals surface area contributed by atoms with Gasteiger partial charge >= 0.3 is 5.97 Å². The van der Waals surface area contributed by atoms with E-state index in [0.717, 1.165) is 25.7 Å². The quantitative estimate of drug-likeness (QED) is 0.110. The Kier molecular flexibility index (Phi) is 20.6. The van der Waals surface area contributed by atoms with Crippen molar-refractivity contribution < 1.29 is 19.5 Å². The number of unbranched alkanes of at least 4 members (excludes halogenated alkanes) is 15. The molecule has 0 bridgehead atoms. The van der Waals surface area contributed by atoms with E-state index in [9.17, 15) is 14.4 Å². The van der Waals surface area contributed by atoms with Crippen LogP contribution >= 0.6 is 22.6 Å². The molecule has 0 atom stereocenters. The summed E-state index contributed by atoms with van der Waals surface area (Å²) in [5.41, 5.74) is 0. The predicted octanol–water partition coefficient (Wildman–Crippen LogP) is 6.17. The lowest BCUT2D eigenvalue weighted by atomic mass is 10.0. The van der Waals surface area contributed by atoms with E-state index < -0.39 is 5.97 Å². The molecule has 0 heterocycles. The molecule has 1 amide bonds. The first-order valence-electron chi connectivity index (χ1n) is 11.2. The lowest BCUT2D eigenvalue weighted by molar-refractivity contribution is -0.137. The zero-order valence-electron chi connectivity index (χ0n) is 17.5. The predicted molar refractivity (Wildman–Crippen MR) is 123 cm³/mol. The molecular weight excluding hydrogens is 469 g/mol. The number of carboxylic acid groups (broad SMARTS) is 1. The summed E-state index contributed by atoms with van der Waals surface area (Å²) in [5.74, 6) is -0.686. The maximum Gasteiger partial charge on any atom is 0.303 e. The number of amides is 1. The molecule has 0 radical (unpaired) electrons. The van der Waals surface area contributed by atoms with Crippen molar-refractivity contribution in [3.05, 3.63) is 0 Å². The molecule has 0 aliphatic carbocycles. The number of halogens is 1. The summed E-state index contributed by atoms with van der Waals surface area (Å²) < 4.78 is -0.0316. The molecule has 2 N–H and O–H groups in total. The summed E-state index contributed by atoms with van der Waals surface area (Å²) in [6, 6.07) is 0. The fourth-order valence-corrected chi connectivity index (χ4v) is 3.48. The van der Waals surface area contributed by atoms with Gasteiger partial charge in [0.05, 0.1) is 6.54 Å². The molecule has 5 nitrogen and oxygen atoms in total. The molecule has 0 aromatic rings. The van der Waals surface area contributed by atoms with Crippen LogP contribution in [0, 0.1) is 0 Å². The number of carbonyl (C=O) groups excluding carboxylic acids is 2. The number of hydrogen-bond acceptors (Lipinski definition) is 3. The highest BCUT2D eigenvalue weighted by molar-refractivity contribution is 14.1. The van der Waals surface area contributed by atoms with Crippen molar-refractivity contribution >= 4 is 38.3 Å².